The molecule has 0 aliphatic carbocycles. The molecule has 0 aliphatic rings. The van der Waals surface area contributed by atoms with E-state index in [1.165, 1.54) is 26.6 Å². The number of rotatable bonds is 3. The van der Waals surface area contributed by atoms with E-state index in [0.29, 0.717) is 21.8 Å². The minimum atomic E-state index is 0.117. The predicted molar refractivity (Wildman–Crippen MR) is 59.1 cm³/mol. The van der Waals surface area contributed by atoms with Gasteiger partial charge in [-0.1, -0.05) is 0 Å². The van der Waals surface area contributed by atoms with Crippen molar-refractivity contribution in [1.82, 2.24) is 4.73 Å². The van der Waals surface area contributed by atoms with Crippen LogP contribution in [0, 0.1) is 5.21 Å². The third kappa shape index (κ3) is 1.84. The van der Waals surface area contributed by atoms with E-state index in [9.17, 15) is 10.4 Å². The van der Waals surface area contributed by atoms with E-state index in [4.69, 9.17) is 9.47 Å². The molecule has 0 saturated carbocycles. The van der Waals surface area contributed by atoms with Gasteiger partial charge < -0.3 is 19.9 Å². The molecule has 1 N–H and O–H groups in total. The third-order valence-corrected chi connectivity index (χ3v) is 2.41. The minimum absolute atomic E-state index is 0.117. The summed E-state index contributed by atoms with van der Waals surface area (Å²) in [6.07, 6.45) is 2.48. The molecule has 0 amide bonds. The fraction of sp³-hybridized carbons (Fsp3) is 0.182. The number of ether oxygens (including phenoxy) is 2. The first-order chi connectivity index (χ1) is 8.17. The van der Waals surface area contributed by atoms with Crippen molar-refractivity contribution in [2.24, 2.45) is 0 Å². The molecule has 0 fully saturated rings. The summed E-state index contributed by atoms with van der Waals surface area (Å²) in [5.74, 6) is 1.17. The Morgan fingerprint density at radius 1 is 1.24 bits per heavy atom. The Morgan fingerprint density at radius 3 is 2.47 bits per heavy atom. The zero-order valence-electron chi connectivity index (χ0n) is 9.45. The van der Waals surface area contributed by atoms with Crippen molar-refractivity contribution in [3.8, 4) is 22.9 Å². The molecule has 0 aliphatic heterocycles. The first-order valence-corrected chi connectivity index (χ1v) is 4.89. The van der Waals surface area contributed by atoms with Crippen LogP contribution in [0.25, 0.3) is 11.4 Å². The van der Waals surface area contributed by atoms with Gasteiger partial charge in [-0.3, -0.25) is 0 Å². The molecule has 6 nitrogen and oxygen atoms in total. The molecule has 1 aromatic carbocycles. The van der Waals surface area contributed by atoms with Crippen molar-refractivity contribution in [2.45, 2.75) is 0 Å². The van der Waals surface area contributed by atoms with E-state index in [1.807, 2.05) is 0 Å². The molecular weight excluding hydrogens is 224 g/mol. The van der Waals surface area contributed by atoms with Crippen LogP contribution in [0.3, 0.4) is 0 Å². The van der Waals surface area contributed by atoms with Crippen LogP contribution in [0.4, 0.5) is 0 Å². The molecular formula is C11H12N2O4. The van der Waals surface area contributed by atoms with Gasteiger partial charge in [0.1, 0.15) is 6.20 Å². The Kier molecular flexibility index (Phi) is 2.78. The summed E-state index contributed by atoms with van der Waals surface area (Å²) < 4.78 is 11.5. The van der Waals surface area contributed by atoms with Crippen LogP contribution < -0.4 is 14.2 Å². The normalized spacial score (nSPS) is 10.2. The van der Waals surface area contributed by atoms with Crippen LogP contribution in [0.5, 0.6) is 11.5 Å². The Labute approximate surface area is 97.8 Å². The average Bonchev–Trinajstić information content (AvgIpc) is 2.68. The summed E-state index contributed by atoms with van der Waals surface area (Å²) in [4.78, 5) is 0. The van der Waals surface area contributed by atoms with Crippen molar-refractivity contribution in [3.63, 3.8) is 0 Å². The zero-order valence-corrected chi connectivity index (χ0v) is 9.45. The molecule has 6 heteroatoms. The van der Waals surface area contributed by atoms with Gasteiger partial charge in [0.2, 0.25) is 0 Å². The van der Waals surface area contributed by atoms with E-state index in [1.54, 1.807) is 18.2 Å². The van der Waals surface area contributed by atoms with Gasteiger partial charge in [-0.05, 0) is 22.9 Å². The summed E-state index contributed by atoms with van der Waals surface area (Å²) in [6.45, 7) is 0. The quantitative estimate of drug-likeness (QED) is 0.491. The van der Waals surface area contributed by atoms with Crippen LogP contribution >= 0.6 is 0 Å². The van der Waals surface area contributed by atoms with Crippen molar-refractivity contribution in [2.75, 3.05) is 14.2 Å². The van der Waals surface area contributed by atoms with E-state index in [2.05, 4.69) is 0 Å². The second-order valence-corrected chi connectivity index (χ2v) is 3.36. The van der Waals surface area contributed by atoms with Crippen LogP contribution in [0.15, 0.2) is 30.6 Å². The first-order valence-electron chi connectivity index (χ1n) is 4.89. The predicted octanol–water partition coefficient (Wildman–Crippen LogP) is 1.04. The number of hydrogen-bond acceptors (Lipinski definition) is 4. The number of aromatic nitrogens is 2. The number of benzene rings is 1. The molecule has 90 valence electrons. The Morgan fingerprint density at radius 2 is 1.94 bits per heavy atom. The number of methoxy groups -OCH3 is 2. The Balaban J connectivity index is 2.54. The summed E-state index contributed by atoms with van der Waals surface area (Å²) in [5.41, 5.74) is 0.533. The lowest BCUT2D eigenvalue weighted by molar-refractivity contribution is -0.594. The molecule has 2 rings (SSSR count). The van der Waals surface area contributed by atoms with Gasteiger partial charge in [-0.25, -0.2) is 4.73 Å². The van der Waals surface area contributed by atoms with Crippen molar-refractivity contribution in [3.05, 3.63) is 35.8 Å². The molecule has 2 aromatic rings. The van der Waals surface area contributed by atoms with Gasteiger partial charge in [0.05, 0.1) is 19.8 Å². The maximum Gasteiger partial charge on any atom is 0.331 e. The molecule has 1 heterocycles. The van der Waals surface area contributed by atoms with Crippen LogP contribution in [-0.4, -0.2) is 24.2 Å². The highest BCUT2D eigenvalue weighted by Crippen LogP contribution is 2.30. The fourth-order valence-electron chi connectivity index (χ4n) is 1.60. The van der Waals surface area contributed by atoms with Crippen molar-refractivity contribution >= 4 is 0 Å². The van der Waals surface area contributed by atoms with Crippen LogP contribution in [0.1, 0.15) is 0 Å². The second kappa shape index (κ2) is 4.25. The zero-order chi connectivity index (χ0) is 12.4. The van der Waals surface area contributed by atoms with E-state index in [-0.39, 0.29) is 5.82 Å². The second-order valence-electron chi connectivity index (χ2n) is 3.36. The largest absolute Gasteiger partial charge is 0.710 e. The summed E-state index contributed by atoms with van der Waals surface area (Å²) in [6, 6.07) is 4.95. The molecule has 0 radical (unpaired) electrons. The highest BCUT2D eigenvalue weighted by atomic mass is 16.5. The number of nitrogens with zero attached hydrogens (tertiary/aromatic N) is 2. The van der Waals surface area contributed by atoms with Gasteiger partial charge in [0.25, 0.3) is 0 Å². The summed E-state index contributed by atoms with van der Waals surface area (Å²) in [7, 11) is 3.03. The van der Waals surface area contributed by atoms with Crippen LogP contribution in [-0.2, 0) is 0 Å². The fourth-order valence-corrected chi connectivity index (χ4v) is 1.60. The highest BCUT2D eigenvalue weighted by molar-refractivity contribution is 5.59. The molecule has 17 heavy (non-hydrogen) atoms. The highest BCUT2D eigenvalue weighted by Gasteiger charge is 2.17. The topological polar surface area (TPSA) is 70.6 Å². The standard InChI is InChI=1S/C11H12N2O4/c1-16-9-4-3-8(7-10(9)17-2)11-12(14)5-6-13(11)15/h3-7,14H,1-2H3. The maximum absolute atomic E-state index is 11.5. The third-order valence-electron chi connectivity index (χ3n) is 2.41. The monoisotopic (exact) mass is 236 g/mol. The molecule has 0 saturated heterocycles. The molecule has 0 atom stereocenters. The SMILES string of the molecule is COc1ccc(-c2n(O)cc[n+]2[O-])cc1OC. The van der Waals surface area contributed by atoms with E-state index < -0.39 is 0 Å². The Hall–Kier alpha value is -2.37. The smallest absolute Gasteiger partial charge is 0.331 e. The molecule has 0 unspecified atom stereocenters. The van der Waals surface area contributed by atoms with Gasteiger partial charge in [0.15, 0.2) is 17.7 Å². The lowest BCUT2D eigenvalue weighted by atomic mass is 10.2. The van der Waals surface area contributed by atoms with E-state index >= 15 is 0 Å². The van der Waals surface area contributed by atoms with Crippen molar-refractivity contribution in [1.29, 1.82) is 0 Å². The maximum atomic E-state index is 11.5. The Bertz CT molecular complexity index is 517. The first kappa shape index (κ1) is 11.1. The van der Waals surface area contributed by atoms with Gasteiger partial charge in [-0.15, -0.1) is 0 Å². The number of hydrogen-bond donors (Lipinski definition) is 1. The average molecular weight is 236 g/mol. The molecule has 0 spiro atoms. The van der Waals surface area contributed by atoms with Crippen molar-refractivity contribution < 1.29 is 19.4 Å². The number of imidazole rings is 1. The summed E-state index contributed by atoms with van der Waals surface area (Å²) in [5, 5.41) is 21.0. The lowest BCUT2D eigenvalue weighted by Crippen LogP contribution is -2.26. The van der Waals surface area contributed by atoms with Gasteiger partial charge in [0, 0.05) is 0 Å². The molecule has 0 bridgehead atoms. The van der Waals surface area contributed by atoms with Gasteiger partial charge >= 0.3 is 5.82 Å². The van der Waals surface area contributed by atoms with Gasteiger partial charge in [-0.2, -0.15) is 0 Å². The summed E-state index contributed by atoms with van der Waals surface area (Å²) >= 11 is 0. The van der Waals surface area contributed by atoms with E-state index in [0.717, 1.165) is 4.73 Å². The van der Waals surface area contributed by atoms with Crippen LogP contribution in [0.2, 0.25) is 0 Å². The minimum Gasteiger partial charge on any atom is -0.710 e. The molecule has 1 aromatic heterocycles. The lowest BCUT2D eigenvalue weighted by Gasteiger charge is -2.08.